The number of hydrogen-bond acceptors (Lipinski definition) is 5. The third-order valence-electron chi connectivity index (χ3n) is 3.19. The van der Waals surface area contributed by atoms with Gasteiger partial charge in [0.15, 0.2) is 5.69 Å². The van der Waals surface area contributed by atoms with Crippen molar-refractivity contribution in [1.29, 1.82) is 0 Å². The molecule has 1 amide bonds. The number of ether oxygens (including phenoxy) is 1. The van der Waals surface area contributed by atoms with E-state index in [2.05, 4.69) is 22.2 Å². The van der Waals surface area contributed by atoms with Gasteiger partial charge in [0, 0.05) is 6.04 Å². The molecule has 0 spiro atoms. The molecule has 21 heavy (non-hydrogen) atoms. The summed E-state index contributed by atoms with van der Waals surface area (Å²) in [6.07, 6.45) is 1.47. The first-order valence-electron chi connectivity index (χ1n) is 6.84. The molecule has 1 atom stereocenters. The van der Waals surface area contributed by atoms with Gasteiger partial charge in [-0.2, -0.15) is 0 Å². The third-order valence-corrected chi connectivity index (χ3v) is 3.19. The Hall–Kier alpha value is -2.18. The average molecular weight is 294 g/mol. The number of hydrogen-bond donors (Lipinski definition) is 1. The second kappa shape index (κ2) is 7.56. The molecule has 1 N–H and O–H groups in total. The van der Waals surface area contributed by atoms with Crippen molar-refractivity contribution < 1.29 is 14.3 Å². The number of esters is 1. The van der Waals surface area contributed by atoms with Gasteiger partial charge in [-0.05, 0) is 19.8 Å². The predicted octanol–water partition coefficient (Wildman–Crippen LogP) is 1.09. The molecule has 0 saturated heterocycles. The normalized spacial score (nSPS) is 12.0. The lowest BCUT2D eigenvalue weighted by molar-refractivity contribution is -0.122. The van der Waals surface area contributed by atoms with Crippen molar-refractivity contribution in [3.63, 3.8) is 0 Å². The van der Waals surface area contributed by atoms with Gasteiger partial charge in [-0.1, -0.05) is 31.7 Å². The van der Waals surface area contributed by atoms with Crippen LogP contribution in [0.5, 0.6) is 0 Å². The Kier molecular flexibility index (Phi) is 6.08. The molecule has 1 unspecified atom stereocenters. The second-order valence-corrected chi connectivity index (χ2v) is 5.17. The van der Waals surface area contributed by atoms with Gasteiger partial charge in [-0.25, -0.2) is 9.48 Å². The van der Waals surface area contributed by atoms with Crippen molar-refractivity contribution in [2.45, 2.75) is 40.3 Å². The number of amides is 1. The number of aromatic nitrogens is 3. The van der Waals surface area contributed by atoms with Crippen LogP contribution < -0.4 is 5.32 Å². The van der Waals surface area contributed by atoms with Crippen LogP contribution in [0.25, 0.3) is 0 Å². The molecule has 0 fully saturated rings. The van der Waals surface area contributed by atoms with E-state index in [-0.39, 0.29) is 30.8 Å². The van der Waals surface area contributed by atoms with Gasteiger partial charge >= 0.3 is 5.97 Å². The van der Waals surface area contributed by atoms with Crippen LogP contribution in [0.15, 0.2) is 12.7 Å². The topological polar surface area (TPSA) is 86.1 Å². The Bertz CT molecular complexity index is 522. The standard InChI is InChI=1S/C14H22N4O3/c1-6-7-21-14(20)13-11(5)18(17-16-13)8-12(19)15-10(4)9(2)3/h6,9-10H,1,7-8H2,2-5H3,(H,15,19). The van der Waals surface area contributed by atoms with Crippen LogP contribution in [-0.2, 0) is 16.1 Å². The van der Waals surface area contributed by atoms with E-state index in [1.54, 1.807) is 6.92 Å². The highest BCUT2D eigenvalue weighted by Crippen LogP contribution is 2.06. The maximum atomic E-state index is 11.9. The molecule has 0 aliphatic rings. The molecular formula is C14H22N4O3. The molecule has 0 radical (unpaired) electrons. The smallest absolute Gasteiger partial charge is 0.361 e. The highest BCUT2D eigenvalue weighted by Gasteiger charge is 2.19. The summed E-state index contributed by atoms with van der Waals surface area (Å²) in [5, 5.41) is 10.4. The Balaban J connectivity index is 2.69. The second-order valence-electron chi connectivity index (χ2n) is 5.17. The third kappa shape index (κ3) is 4.70. The molecule has 116 valence electrons. The minimum atomic E-state index is -0.574. The zero-order valence-corrected chi connectivity index (χ0v) is 12.9. The van der Waals surface area contributed by atoms with Crippen LogP contribution in [-0.4, -0.2) is 39.5 Å². The number of nitrogens with one attached hydrogen (secondary N) is 1. The van der Waals surface area contributed by atoms with Crippen molar-refractivity contribution in [1.82, 2.24) is 20.3 Å². The van der Waals surface area contributed by atoms with Crippen molar-refractivity contribution in [2.75, 3.05) is 6.61 Å². The highest BCUT2D eigenvalue weighted by atomic mass is 16.5. The quantitative estimate of drug-likeness (QED) is 0.601. The summed E-state index contributed by atoms with van der Waals surface area (Å²) in [7, 11) is 0. The van der Waals surface area contributed by atoms with E-state index in [4.69, 9.17) is 4.74 Å². The summed E-state index contributed by atoms with van der Waals surface area (Å²) in [4.78, 5) is 23.6. The Labute approximate surface area is 124 Å². The van der Waals surface area contributed by atoms with E-state index in [0.717, 1.165) is 0 Å². The van der Waals surface area contributed by atoms with E-state index in [9.17, 15) is 9.59 Å². The molecule has 0 aliphatic carbocycles. The number of nitrogens with zero attached hydrogens (tertiary/aromatic N) is 3. The van der Waals surface area contributed by atoms with Crippen molar-refractivity contribution in [3.8, 4) is 0 Å². The number of carbonyl (C=O) groups excluding carboxylic acids is 2. The first-order chi connectivity index (χ1) is 9.86. The summed E-state index contributed by atoms with van der Waals surface area (Å²) in [5.74, 6) is -0.403. The molecular weight excluding hydrogens is 272 g/mol. The molecule has 0 bridgehead atoms. The van der Waals surface area contributed by atoms with Crippen LogP contribution in [0, 0.1) is 12.8 Å². The molecule has 1 rings (SSSR count). The van der Waals surface area contributed by atoms with Gasteiger partial charge in [0.05, 0.1) is 5.69 Å². The highest BCUT2D eigenvalue weighted by molar-refractivity contribution is 5.88. The van der Waals surface area contributed by atoms with E-state index in [0.29, 0.717) is 11.6 Å². The lowest BCUT2D eigenvalue weighted by atomic mass is 10.1. The van der Waals surface area contributed by atoms with E-state index < -0.39 is 5.97 Å². The molecule has 1 heterocycles. The van der Waals surface area contributed by atoms with E-state index >= 15 is 0 Å². The van der Waals surface area contributed by atoms with Crippen LogP contribution >= 0.6 is 0 Å². The maximum absolute atomic E-state index is 11.9. The van der Waals surface area contributed by atoms with Gasteiger partial charge in [0.2, 0.25) is 5.91 Å². The fourth-order valence-corrected chi connectivity index (χ4v) is 1.50. The van der Waals surface area contributed by atoms with Gasteiger partial charge in [0.25, 0.3) is 0 Å². The zero-order chi connectivity index (χ0) is 16.0. The maximum Gasteiger partial charge on any atom is 0.361 e. The Morgan fingerprint density at radius 1 is 1.43 bits per heavy atom. The lowest BCUT2D eigenvalue weighted by Crippen LogP contribution is -2.38. The SMILES string of the molecule is C=CCOC(=O)c1nnn(CC(=O)NC(C)C(C)C)c1C. The first kappa shape index (κ1) is 16.9. The monoisotopic (exact) mass is 294 g/mol. The summed E-state index contributed by atoms with van der Waals surface area (Å²) in [6.45, 7) is 11.3. The summed E-state index contributed by atoms with van der Waals surface area (Å²) in [5.41, 5.74) is 0.609. The van der Waals surface area contributed by atoms with Crippen molar-refractivity contribution >= 4 is 11.9 Å². The molecule has 1 aromatic heterocycles. The summed E-state index contributed by atoms with van der Waals surface area (Å²) < 4.78 is 6.28. The summed E-state index contributed by atoms with van der Waals surface area (Å²) >= 11 is 0. The van der Waals surface area contributed by atoms with Crippen molar-refractivity contribution in [3.05, 3.63) is 24.0 Å². The minimum Gasteiger partial charge on any atom is -0.457 e. The molecule has 0 aliphatic heterocycles. The fraction of sp³-hybridized carbons (Fsp3) is 0.571. The van der Waals surface area contributed by atoms with Gasteiger partial charge in [-0.3, -0.25) is 4.79 Å². The summed E-state index contributed by atoms with van der Waals surface area (Å²) in [6, 6.07) is 0.0679. The Morgan fingerprint density at radius 3 is 2.67 bits per heavy atom. The van der Waals surface area contributed by atoms with E-state index in [1.165, 1.54) is 10.8 Å². The molecule has 7 heteroatoms. The van der Waals surface area contributed by atoms with Crippen LogP contribution in [0.2, 0.25) is 0 Å². The fourth-order valence-electron chi connectivity index (χ4n) is 1.50. The molecule has 0 saturated carbocycles. The number of carbonyl (C=O) groups is 2. The van der Waals surface area contributed by atoms with Crippen LogP contribution in [0.4, 0.5) is 0 Å². The van der Waals surface area contributed by atoms with Crippen LogP contribution in [0.3, 0.4) is 0 Å². The van der Waals surface area contributed by atoms with Gasteiger partial charge in [-0.15, -0.1) is 5.10 Å². The average Bonchev–Trinajstić information content (AvgIpc) is 2.77. The molecule has 7 nitrogen and oxygen atoms in total. The minimum absolute atomic E-state index is 0.0185. The Morgan fingerprint density at radius 2 is 2.10 bits per heavy atom. The number of rotatable bonds is 7. The van der Waals surface area contributed by atoms with E-state index in [1.807, 2.05) is 20.8 Å². The van der Waals surface area contributed by atoms with Crippen molar-refractivity contribution in [2.24, 2.45) is 5.92 Å². The first-order valence-corrected chi connectivity index (χ1v) is 6.84. The van der Waals surface area contributed by atoms with Crippen LogP contribution in [0.1, 0.15) is 37.0 Å². The zero-order valence-electron chi connectivity index (χ0n) is 12.9. The predicted molar refractivity (Wildman–Crippen MR) is 77.7 cm³/mol. The largest absolute Gasteiger partial charge is 0.457 e. The molecule has 0 aromatic carbocycles. The molecule has 1 aromatic rings. The lowest BCUT2D eigenvalue weighted by Gasteiger charge is -2.17. The van der Waals surface area contributed by atoms with Gasteiger partial charge < -0.3 is 10.1 Å². The van der Waals surface area contributed by atoms with Gasteiger partial charge in [0.1, 0.15) is 13.2 Å².